The van der Waals surface area contributed by atoms with Crippen LogP contribution in [0.2, 0.25) is 0 Å². The molecule has 0 aliphatic carbocycles. The first-order chi connectivity index (χ1) is 32.8. The first-order valence-electron chi connectivity index (χ1n) is 23.8. The fourth-order valence-electron chi connectivity index (χ4n) is 7.48. The Kier molecular flexibility index (Phi) is 22.1. The van der Waals surface area contributed by atoms with Crippen molar-refractivity contribution in [1.82, 2.24) is 0 Å². The highest BCUT2D eigenvalue weighted by Crippen LogP contribution is 2.47. The predicted octanol–water partition coefficient (Wildman–Crippen LogP) is 17.5. The summed E-state index contributed by atoms with van der Waals surface area (Å²) in [5.41, 5.74) is 11.9. The van der Waals surface area contributed by atoms with Crippen molar-refractivity contribution in [3.05, 3.63) is 176 Å². The molecule has 0 saturated carbocycles. The molecule has 0 aliphatic heterocycles. The van der Waals surface area contributed by atoms with Crippen molar-refractivity contribution in [3.8, 4) is 34.5 Å². The summed E-state index contributed by atoms with van der Waals surface area (Å²) in [7, 11) is 1.21. The summed E-state index contributed by atoms with van der Waals surface area (Å²) in [6.45, 7) is 29.7. The van der Waals surface area contributed by atoms with Crippen LogP contribution in [0.15, 0.2) is 115 Å². The van der Waals surface area contributed by atoms with Crippen molar-refractivity contribution in [2.75, 3.05) is 28.0 Å². The van der Waals surface area contributed by atoms with Gasteiger partial charge in [-0.05, 0) is 140 Å². The van der Waals surface area contributed by atoms with Gasteiger partial charge in [0, 0.05) is 25.9 Å². The molecule has 8 nitrogen and oxygen atoms in total. The number of rotatable bonds is 18. The van der Waals surface area contributed by atoms with E-state index in [1.807, 2.05) is 44.8 Å². The molecule has 0 N–H and O–H groups in total. The van der Waals surface area contributed by atoms with E-state index < -0.39 is 17.0 Å². The van der Waals surface area contributed by atoms with Gasteiger partial charge < -0.3 is 27.6 Å². The zero-order chi connectivity index (χ0) is 50.9. The number of aryl methyl sites for hydroxylation is 5. The summed E-state index contributed by atoms with van der Waals surface area (Å²) >= 11 is 0. The largest absolute Gasteiger partial charge is 0.497 e. The van der Waals surface area contributed by atoms with E-state index in [9.17, 15) is 4.79 Å². The van der Waals surface area contributed by atoms with Crippen LogP contribution in [0.25, 0.3) is 0 Å². The van der Waals surface area contributed by atoms with Gasteiger partial charge in [0.05, 0.1) is 25.3 Å². The van der Waals surface area contributed by atoms with Crippen LogP contribution in [0.4, 0.5) is 0 Å². The monoisotopic (exact) mass is 975 g/mol. The molecule has 0 amide bonds. The second kappa shape index (κ2) is 27.1. The van der Waals surface area contributed by atoms with Crippen molar-refractivity contribution in [3.63, 3.8) is 0 Å². The van der Waals surface area contributed by atoms with Crippen LogP contribution in [0, 0.1) is 34.6 Å². The number of carbonyl (C=O) groups is 1. The highest BCUT2D eigenvalue weighted by atomic mass is 31.2. The van der Waals surface area contributed by atoms with E-state index in [0.29, 0.717) is 40.4 Å². The highest BCUT2D eigenvalue weighted by molar-refractivity contribution is 7.47. The average Bonchev–Trinajstić information content (AvgIpc) is 3.31. The summed E-state index contributed by atoms with van der Waals surface area (Å²) in [6.07, 6.45) is 1.23. The van der Waals surface area contributed by atoms with Gasteiger partial charge >= 0.3 is 8.60 Å². The van der Waals surface area contributed by atoms with E-state index >= 15 is 0 Å². The van der Waals surface area contributed by atoms with Gasteiger partial charge in [0.1, 0.15) is 34.5 Å². The second-order valence-corrected chi connectivity index (χ2v) is 20.8. The molecule has 0 heterocycles. The summed E-state index contributed by atoms with van der Waals surface area (Å²) in [6, 6.07) is 37.8. The molecule has 6 rings (SSSR count). The molecule has 3 unspecified atom stereocenters. The Morgan fingerprint density at radius 1 is 0.478 bits per heavy atom. The SMILES string of the molecule is CCC(C)c1ccc(C)cc1.COc1ccc(C(=O)c2ccc(OC)cc2OP(OC)Oc2cc(C)ccc2C(C)C)c(OP(C)Oc2cc(C)ccc2C(C)C)c1.Cc1ccc(C(C)C)c(C)c1. The van der Waals surface area contributed by atoms with Gasteiger partial charge in [-0.1, -0.05) is 133 Å². The lowest BCUT2D eigenvalue weighted by atomic mass is 9.97. The minimum Gasteiger partial charge on any atom is -0.497 e. The zero-order valence-corrected chi connectivity index (χ0v) is 45.9. The molecule has 0 bridgehead atoms. The Balaban J connectivity index is 0.000000382. The molecule has 69 heavy (non-hydrogen) atoms. The topological polar surface area (TPSA) is 81.7 Å². The molecule has 370 valence electrons. The van der Waals surface area contributed by atoms with Crippen LogP contribution >= 0.6 is 17.0 Å². The Hall–Kier alpha value is -5.39. The molecule has 6 aromatic rings. The predicted molar refractivity (Wildman–Crippen MR) is 289 cm³/mol. The number of ketones is 1. The molecule has 6 aromatic carbocycles. The fraction of sp³-hybridized carbons (Fsp3) is 0.373. The number of benzene rings is 6. The van der Waals surface area contributed by atoms with Gasteiger partial charge in [0.25, 0.3) is 8.38 Å². The number of hydrogen-bond donors (Lipinski definition) is 0. The summed E-state index contributed by atoms with van der Waals surface area (Å²) in [4.78, 5) is 14.3. The summed E-state index contributed by atoms with van der Waals surface area (Å²) < 4.78 is 41.8. The smallest absolute Gasteiger partial charge is 0.462 e. The second-order valence-electron chi connectivity index (χ2n) is 18.4. The van der Waals surface area contributed by atoms with Crippen LogP contribution < -0.4 is 27.6 Å². The standard InChI is InChI=1S/C37H44O8P2.2C11H16/c1-23(2)29-15-11-25(5)19-33(29)42-46(10)43-35-21-27(39-7)13-17-31(35)37(38)32-18-14-28(40-8)22-36(32)45-47(41-9)44-34-20-26(6)12-16-30(34)24(3)4;1-8(2)11-6-5-9(3)7-10(11)4;1-4-10(3)11-7-5-9(2)6-8-11/h11-24H,1-10H3;5-8H,1-4H3;5-8,10H,4H2,1-3H3. The van der Waals surface area contributed by atoms with Crippen LogP contribution in [-0.2, 0) is 4.52 Å². The molecule has 0 aromatic heterocycles. The highest BCUT2D eigenvalue weighted by Gasteiger charge is 2.26. The Morgan fingerprint density at radius 3 is 1.32 bits per heavy atom. The fourth-order valence-corrected chi connectivity index (χ4v) is 9.20. The molecular formula is C59H76O8P2. The maximum absolute atomic E-state index is 14.3. The minimum absolute atomic E-state index is 0.220. The summed E-state index contributed by atoms with van der Waals surface area (Å²) in [5.74, 6) is 4.57. The van der Waals surface area contributed by atoms with Crippen LogP contribution in [0.3, 0.4) is 0 Å². The Morgan fingerprint density at radius 2 is 0.884 bits per heavy atom. The number of ether oxygens (including phenoxy) is 2. The Labute approximate surface area is 417 Å². The molecular weight excluding hydrogens is 899 g/mol. The molecule has 0 saturated heterocycles. The maximum atomic E-state index is 14.3. The molecule has 0 radical (unpaired) electrons. The van der Waals surface area contributed by atoms with Crippen LogP contribution in [-0.4, -0.2) is 33.8 Å². The average molecular weight is 975 g/mol. The van der Waals surface area contributed by atoms with Crippen molar-refractivity contribution in [1.29, 1.82) is 0 Å². The van der Waals surface area contributed by atoms with E-state index in [0.717, 1.165) is 28.0 Å². The molecule has 0 fully saturated rings. The normalized spacial score (nSPS) is 12.2. The van der Waals surface area contributed by atoms with Crippen molar-refractivity contribution < 1.29 is 36.9 Å². The number of hydrogen-bond acceptors (Lipinski definition) is 8. The zero-order valence-electron chi connectivity index (χ0n) is 44.1. The third-order valence-electron chi connectivity index (χ3n) is 11.7. The van der Waals surface area contributed by atoms with E-state index in [1.165, 1.54) is 41.3 Å². The lowest BCUT2D eigenvalue weighted by molar-refractivity contribution is 0.103. The van der Waals surface area contributed by atoms with Crippen molar-refractivity contribution >= 4 is 22.8 Å². The number of carbonyl (C=O) groups excluding carboxylic acids is 1. The third-order valence-corrected chi connectivity index (χ3v) is 13.6. The van der Waals surface area contributed by atoms with E-state index in [4.69, 9.17) is 32.1 Å². The first-order valence-corrected chi connectivity index (χ1v) is 26.6. The first kappa shape index (κ1) is 56.2. The van der Waals surface area contributed by atoms with Gasteiger partial charge in [-0.25, -0.2) is 0 Å². The van der Waals surface area contributed by atoms with E-state index in [-0.39, 0.29) is 28.9 Å². The quantitative estimate of drug-likeness (QED) is 0.0622. The lowest BCUT2D eigenvalue weighted by Gasteiger charge is -2.22. The Bertz CT molecular complexity index is 2570. The van der Waals surface area contributed by atoms with E-state index in [2.05, 4.69) is 131 Å². The summed E-state index contributed by atoms with van der Waals surface area (Å²) in [5, 5.41) is 0. The van der Waals surface area contributed by atoms with Crippen LogP contribution in [0.1, 0.15) is 151 Å². The van der Waals surface area contributed by atoms with Gasteiger partial charge in [-0.3, -0.25) is 9.32 Å². The minimum atomic E-state index is -1.94. The van der Waals surface area contributed by atoms with Gasteiger partial charge in [-0.15, -0.1) is 0 Å². The molecule has 0 spiro atoms. The van der Waals surface area contributed by atoms with E-state index in [1.54, 1.807) is 50.6 Å². The van der Waals surface area contributed by atoms with Crippen molar-refractivity contribution in [2.24, 2.45) is 0 Å². The molecule has 10 heteroatoms. The number of methoxy groups -OCH3 is 2. The van der Waals surface area contributed by atoms with Crippen LogP contribution in [0.5, 0.6) is 34.5 Å². The molecule has 3 atom stereocenters. The maximum Gasteiger partial charge on any atom is 0.462 e. The third kappa shape index (κ3) is 16.6. The lowest BCUT2D eigenvalue weighted by Crippen LogP contribution is -2.09. The molecule has 0 aliphatic rings. The van der Waals surface area contributed by atoms with Gasteiger partial charge in [0.2, 0.25) is 5.78 Å². The van der Waals surface area contributed by atoms with Crippen molar-refractivity contribution in [2.45, 2.75) is 120 Å². The van der Waals surface area contributed by atoms with Gasteiger partial charge in [-0.2, -0.15) is 0 Å². The van der Waals surface area contributed by atoms with Gasteiger partial charge in [0.15, 0.2) is 0 Å².